The Labute approximate surface area is 199 Å². The number of benzene rings is 2. The van der Waals surface area contributed by atoms with Crippen molar-refractivity contribution in [1.29, 1.82) is 0 Å². The molecule has 0 saturated carbocycles. The smallest absolute Gasteiger partial charge is 0.266 e. The van der Waals surface area contributed by atoms with Crippen molar-refractivity contribution in [2.45, 2.75) is 59.6 Å². The third-order valence-corrected chi connectivity index (χ3v) is 6.08. The highest BCUT2D eigenvalue weighted by atomic mass is 32.1. The maximum atomic E-state index is 12.7. The fourth-order valence-corrected chi connectivity index (χ4v) is 4.19. The van der Waals surface area contributed by atoms with Gasteiger partial charge in [-0.1, -0.05) is 50.2 Å². The van der Waals surface area contributed by atoms with Gasteiger partial charge in [-0.05, 0) is 49.4 Å². The molecule has 1 heterocycles. The summed E-state index contributed by atoms with van der Waals surface area (Å²) in [6.45, 7) is 11.4. The van der Waals surface area contributed by atoms with Crippen molar-refractivity contribution < 1.29 is 14.3 Å². The van der Waals surface area contributed by atoms with Gasteiger partial charge in [-0.25, -0.2) is 4.98 Å². The van der Waals surface area contributed by atoms with Crippen LogP contribution >= 0.6 is 11.3 Å². The van der Waals surface area contributed by atoms with Crippen molar-refractivity contribution in [1.82, 2.24) is 10.3 Å². The average molecular weight is 466 g/mol. The average Bonchev–Trinajstić information content (AvgIpc) is 3.21. The molecule has 0 aliphatic rings. The summed E-state index contributed by atoms with van der Waals surface area (Å²) >= 11 is 1.37. The number of ether oxygens (including phenoxy) is 1. The van der Waals surface area contributed by atoms with Crippen molar-refractivity contribution in [3.8, 4) is 17.0 Å². The third kappa shape index (κ3) is 6.42. The molecule has 2 aromatic carbocycles. The summed E-state index contributed by atoms with van der Waals surface area (Å²) in [5, 5.41) is 8.17. The molecule has 2 N–H and O–H groups in total. The quantitative estimate of drug-likeness (QED) is 0.438. The first-order chi connectivity index (χ1) is 15.6. The van der Waals surface area contributed by atoms with E-state index < -0.39 is 6.10 Å². The molecule has 1 aromatic heterocycles. The highest BCUT2D eigenvalue weighted by Gasteiger charge is 2.19. The van der Waals surface area contributed by atoms with E-state index in [4.69, 9.17) is 4.74 Å². The molecular formula is C26H31N3O3S. The Morgan fingerprint density at radius 1 is 1.03 bits per heavy atom. The van der Waals surface area contributed by atoms with Crippen LogP contribution in [0.1, 0.15) is 63.3 Å². The summed E-state index contributed by atoms with van der Waals surface area (Å²) in [4.78, 5) is 28.5. The van der Waals surface area contributed by atoms with E-state index in [0.717, 1.165) is 33.7 Å². The second-order valence-corrected chi connectivity index (χ2v) is 9.39. The zero-order valence-corrected chi connectivity index (χ0v) is 20.7. The summed E-state index contributed by atoms with van der Waals surface area (Å²) in [6.07, 6.45) is -0.661. The number of carbonyl (C=O) groups excluding carboxylic acids is 2. The minimum atomic E-state index is -0.661. The Morgan fingerprint density at radius 3 is 2.36 bits per heavy atom. The van der Waals surface area contributed by atoms with Gasteiger partial charge in [0.05, 0.1) is 11.7 Å². The lowest BCUT2D eigenvalue weighted by Gasteiger charge is -2.19. The normalized spacial score (nSPS) is 12.8. The first-order valence-corrected chi connectivity index (χ1v) is 11.9. The number of rotatable bonds is 8. The molecule has 3 aromatic rings. The van der Waals surface area contributed by atoms with Gasteiger partial charge in [0, 0.05) is 17.9 Å². The monoisotopic (exact) mass is 465 g/mol. The molecule has 0 fully saturated rings. The number of nitrogens with zero attached hydrogens (tertiary/aromatic N) is 1. The summed E-state index contributed by atoms with van der Waals surface area (Å²) in [7, 11) is 0. The molecular weight excluding hydrogens is 434 g/mol. The largest absolute Gasteiger partial charge is 0.481 e. The predicted octanol–water partition coefficient (Wildman–Crippen LogP) is 5.85. The predicted molar refractivity (Wildman–Crippen MR) is 134 cm³/mol. The molecule has 0 radical (unpaired) electrons. The molecule has 7 heteroatoms. The fourth-order valence-electron chi connectivity index (χ4n) is 3.47. The third-order valence-electron chi connectivity index (χ3n) is 5.32. The van der Waals surface area contributed by atoms with Gasteiger partial charge < -0.3 is 10.1 Å². The lowest BCUT2D eigenvalue weighted by Crippen LogP contribution is -2.30. The topological polar surface area (TPSA) is 80.3 Å². The van der Waals surface area contributed by atoms with Gasteiger partial charge in [-0.2, -0.15) is 0 Å². The van der Waals surface area contributed by atoms with Crippen LogP contribution in [0.3, 0.4) is 0 Å². The number of nitrogens with one attached hydrogen (secondary N) is 2. The molecule has 0 aliphatic carbocycles. The van der Waals surface area contributed by atoms with Crippen LogP contribution in [0.15, 0.2) is 47.8 Å². The maximum absolute atomic E-state index is 12.7. The Hall–Kier alpha value is -3.19. The summed E-state index contributed by atoms with van der Waals surface area (Å²) < 4.78 is 6.01. The van der Waals surface area contributed by atoms with E-state index >= 15 is 0 Å². The Balaban J connectivity index is 1.65. The molecule has 33 heavy (non-hydrogen) atoms. The maximum Gasteiger partial charge on any atom is 0.266 e. The number of anilines is 1. The molecule has 2 amide bonds. The van der Waals surface area contributed by atoms with Crippen LogP contribution in [0.2, 0.25) is 0 Å². The van der Waals surface area contributed by atoms with Gasteiger partial charge in [0.15, 0.2) is 11.2 Å². The zero-order chi connectivity index (χ0) is 24.1. The van der Waals surface area contributed by atoms with Crippen LogP contribution in [0.5, 0.6) is 5.75 Å². The molecule has 0 spiro atoms. The van der Waals surface area contributed by atoms with Crippen molar-refractivity contribution in [2.24, 2.45) is 0 Å². The Bertz CT molecular complexity index is 1120. The molecule has 2 unspecified atom stereocenters. The first-order valence-electron chi connectivity index (χ1n) is 11.0. The second-order valence-electron chi connectivity index (χ2n) is 8.53. The van der Waals surface area contributed by atoms with Gasteiger partial charge in [-0.3, -0.25) is 14.9 Å². The van der Waals surface area contributed by atoms with E-state index in [1.807, 2.05) is 49.6 Å². The number of hydrogen-bond donors (Lipinski definition) is 2. The van der Waals surface area contributed by atoms with Gasteiger partial charge in [0.25, 0.3) is 5.91 Å². The van der Waals surface area contributed by atoms with Crippen molar-refractivity contribution >= 4 is 28.3 Å². The highest BCUT2D eigenvalue weighted by molar-refractivity contribution is 7.14. The number of amides is 2. The SMILES string of the molecule is CC(=O)NC(C)c1ccc(-c2csc(NC(=O)C(C)Oc3cc(C)ccc3C(C)C)n2)cc1. The molecule has 2 atom stereocenters. The van der Waals surface area contributed by atoms with E-state index in [1.54, 1.807) is 6.92 Å². The standard InChI is InChI=1S/C26H31N3O3S/c1-15(2)22-12-7-16(3)13-24(22)32-18(5)25(31)29-26-28-23(14-33-26)21-10-8-20(9-11-21)17(4)27-19(6)30/h7-15,17-18H,1-6H3,(H,27,30)(H,28,29,31). The van der Waals surface area contributed by atoms with E-state index in [2.05, 4.69) is 41.6 Å². The lowest BCUT2D eigenvalue weighted by molar-refractivity contribution is -0.122. The van der Waals surface area contributed by atoms with E-state index in [-0.39, 0.29) is 17.9 Å². The minimum absolute atomic E-state index is 0.0621. The van der Waals surface area contributed by atoms with Gasteiger partial charge in [0.2, 0.25) is 5.91 Å². The second kappa shape index (κ2) is 10.6. The van der Waals surface area contributed by atoms with Gasteiger partial charge in [0.1, 0.15) is 5.75 Å². The van der Waals surface area contributed by atoms with Gasteiger partial charge >= 0.3 is 0 Å². The van der Waals surface area contributed by atoms with Crippen molar-refractivity contribution in [3.63, 3.8) is 0 Å². The van der Waals surface area contributed by atoms with Crippen LogP contribution in [0, 0.1) is 6.92 Å². The molecule has 6 nitrogen and oxygen atoms in total. The van der Waals surface area contributed by atoms with Crippen LogP contribution in [0.25, 0.3) is 11.3 Å². The van der Waals surface area contributed by atoms with E-state index in [1.165, 1.54) is 18.3 Å². The van der Waals surface area contributed by atoms with Crippen molar-refractivity contribution in [2.75, 3.05) is 5.32 Å². The Morgan fingerprint density at radius 2 is 1.73 bits per heavy atom. The number of thiazole rings is 1. The van der Waals surface area contributed by atoms with Gasteiger partial charge in [-0.15, -0.1) is 11.3 Å². The fraction of sp³-hybridized carbons (Fsp3) is 0.346. The summed E-state index contributed by atoms with van der Waals surface area (Å²) in [5.41, 5.74) is 4.90. The van der Waals surface area contributed by atoms with Crippen LogP contribution in [0.4, 0.5) is 5.13 Å². The summed E-state index contributed by atoms with van der Waals surface area (Å²) in [6, 6.07) is 13.9. The molecule has 0 aliphatic heterocycles. The van der Waals surface area contributed by atoms with Crippen LogP contribution in [-0.2, 0) is 9.59 Å². The van der Waals surface area contributed by atoms with E-state index in [0.29, 0.717) is 11.0 Å². The zero-order valence-electron chi connectivity index (χ0n) is 19.9. The lowest BCUT2D eigenvalue weighted by atomic mass is 10.0. The first kappa shape index (κ1) is 24.5. The molecule has 174 valence electrons. The van der Waals surface area contributed by atoms with Crippen LogP contribution < -0.4 is 15.4 Å². The molecule has 0 saturated heterocycles. The molecule has 0 bridgehead atoms. The minimum Gasteiger partial charge on any atom is -0.481 e. The number of hydrogen-bond acceptors (Lipinski definition) is 5. The number of carbonyl (C=O) groups is 2. The number of aryl methyl sites for hydroxylation is 1. The van der Waals surface area contributed by atoms with Crippen LogP contribution in [-0.4, -0.2) is 22.9 Å². The molecule has 3 rings (SSSR count). The number of aromatic nitrogens is 1. The van der Waals surface area contributed by atoms with E-state index in [9.17, 15) is 9.59 Å². The van der Waals surface area contributed by atoms with Crippen molar-refractivity contribution in [3.05, 3.63) is 64.5 Å². The highest BCUT2D eigenvalue weighted by Crippen LogP contribution is 2.29. The Kier molecular flexibility index (Phi) is 7.87. The summed E-state index contributed by atoms with van der Waals surface area (Å²) in [5.74, 6) is 0.727.